The third kappa shape index (κ3) is 3.94. The lowest BCUT2D eigenvalue weighted by molar-refractivity contribution is -0.385. The van der Waals surface area contributed by atoms with E-state index in [0.29, 0.717) is 9.92 Å². The maximum absolute atomic E-state index is 12.9. The van der Waals surface area contributed by atoms with E-state index in [-0.39, 0.29) is 23.6 Å². The van der Waals surface area contributed by atoms with Crippen molar-refractivity contribution in [1.29, 1.82) is 0 Å². The topological polar surface area (TPSA) is 139 Å². The van der Waals surface area contributed by atoms with E-state index < -0.39 is 39.8 Å². The standard InChI is InChI=1S/C19H14ClN3O7/c1-2-30-15-9-13(23(28)29)7-10(16(15)24)8-14-17(25)21-19(27)22(18(14)26)12-5-3-11(20)4-6-12/h3-9,24H,2H2,1H3,(H,21,25,27)/b14-8+. The first-order chi connectivity index (χ1) is 14.2. The van der Waals surface area contributed by atoms with Crippen LogP contribution in [-0.2, 0) is 9.59 Å². The lowest BCUT2D eigenvalue weighted by atomic mass is 10.0. The van der Waals surface area contributed by atoms with Crippen LogP contribution in [0, 0.1) is 10.1 Å². The van der Waals surface area contributed by atoms with Gasteiger partial charge in [-0.05, 0) is 37.3 Å². The Morgan fingerprint density at radius 2 is 1.90 bits per heavy atom. The van der Waals surface area contributed by atoms with Gasteiger partial charge in [-0.15, -0.1) is 0 Å². The minimum atomic E-state index is -1.01. The number of amides is 4. The molecule has 0 bridgehead atoms. The van der Waals surface area contributed by atoms with E-state index in [1.165, 1.54) is 24.3 Å². The van der Waals surface area contributed by atoms with Gasteiger partial charge in [0.25, 0.3) is 17.5 Å². The number of non-ortho nitro benzene ring substituents is 1. The third-order valence-electron chi connectivity index (χ3n) is 4.09. The minimum Gasteiger partial charge on any atom is -0.504 e. The Morgan fingerprint density at radius 3 is 2.50 bits per heavy atom. The maximum atomic E-state index is 12.9. The fourth-order valence-corrected chi connectivity index (χ4v) is 2.86. The molecule has 0 radical (unpaired) electrons. The van der Waals surface area contributed by atoms with Gasteiger partial charge < -0.3 is 9.84 Å². The molecule has 154 valence electrons. The van der Waals surface area contributed by atoms with Crippen molar-refractivity contribution in [3.63, 3.8) is 0 Å². The number of nitrogens with zero attached hydrogens (tertiary/aromatic N) is 2. The largest absolute Gasteiger partial charge is 0.504 e. The van der Waals surface area contributed by atoms with Gasteiger partial charge >= 0.3 is 6.03 Å². The molecular weight excluding hydrogens is 418 g/mol. The van der Waals surface area contributed by atoms with E-state index >= 15 is 0 Å². The van der Waals surface area contributed by atoms with Crippen LogP contribution in [-0.4, -0.2) is 34.5 Å². The molecule has 2 N–H and O–H groups in total. The van der Waals surface area contributed by atoms with E-state index in [2.05, 4.69) is 0 Å². The number of imide groups is 2. The van der Waals surface area contributed by atoms with Crippen molar-refractivity contribution in [1.82, 2.24) is 5.32 Å². The summed E-state index contributed by atoms with van der Waals surface area (Å²) < 4.78 is 5.18. The highest BCUT2D eigenvalue weighted by molar-refractivity contribution is 6.39. The monoisotopic (exact) mass is 431 g/mol. The van der Waals surface area contributed by atoms with Crippen LogP contribution in [0.1, 0.15) is 12.5 Å². The van der Waals surface area contributed by atoms with Gasteiger partial charge in [0.05, 0.1) is 23.3 Å². The molecule has 1 fully saturated rings. The van der Waals surface area contributed by atoms with Crippen LogP contribution in [0.4, 0.5) is 16.2 Å². The number of hydrogen-bond donors (Lipinski definition) is 2. The first-order valence-electron chi connectivity index (χ1n) is 8.54. The maximum Gasteiger partial charge on any atom is 0.335 e. The number of rotatable bonds is 5. The Morgan fingerprint density at radius 1 is 1.23 bits per heavy atom. The molecule has 2 aromatic carbocycles. The number of halogens is 1. The number of nitro benzene ring substituents is 1. The quantitative estimate of drug-likeness (QED) is 0.321. The zero-order chi connectivity index (χ0) is 22.0. The highest BCUT2D eigenvalue weighted by Gasteiger charge is 2.37. The molecule has 2 aromatic rings. The first kappa shape index (κ1) is 20.8. The van der Waals surface area contributed by atoms with E-state index in [0.717, 1.165) is 18.2 Å². The number of anilines is 1. The van der Waals surface area contributed by atoms with Gasteiger partial charge in [-0.1, -0.05) is 11.6 Å². The summed E-state index contributed by atoms with van der Waals surface area (Å²) in [6.45, 7) is 1.73. The summed E-state index contributed by atoms with van der Waals surface area (Å²) in [5, 5.41) is 23.9. The molecule has 4 amide bonds. The van der Waals surface area contributed by atoms with Crippen LogP contribution in [0.5, 0.6) is 11.5 Å². The molecule has 11 heteroatoms. The fourth-order valence-electron chi connectivity index (χ4n) is 2.73. The molecule has 0 atom stereocenters. The molecule has 3 rings (SSSR count). The van der Waals surface area contributed by atoms with Gasteiger partial charge in [0, 0.05) is 16.7 Å². The van der Waals surface area contributed by atoms with Crippen LogP contribution >= 0.6 is 11.6 Å². The number of benzene rings is 2. The van der Waals surface area contributed by atoms with Gasteiger partial charge in [0.1, 0.15) is 5.57 Å². The predicted octanol–water partition coefficient (Wildman–Crippen LogP) is 3.02. The average molecular weight is 432 g/mol. The molecule has 1 aliphatic rings. The predicted molar refractivity (Wildman–Crippen MR) is 106 cm³/mol. The van der Waals surface area contributed by atoms with E-state index in [4.69, 9.17) is 16.3 Å². The normalized spacial score (nSPS) is 15.3. The summed E-state index contributed by atoms with van der Waals surface area (Å²) in [6, 6.07) is 6.76. The molecule has 0 aliphatic carbocycles. The number of carbonyl (C=O) groups excluding carboxylic acids is 3. The SMILES string of the molecule is CCOc1cc([N+](=O)[O-])cc(/C=C2\C(=O)NC(=O)N(c3ccc(Cl)cc3)C2=O)c1O. The second-order valence-electron chi connectivity index (χ2n) is 6.01. The van der Waals surface area contributed by atoms with Gasteiger partial charge in [0.2, 0.25) is 0 Å². The average Bonchev–Trinajstić information content (AvgIpc) is 2.69. The summed E-state index contributed by atoms with van der Waals surface area (Å²) in [5.74, 6) is -2.67. The van der Waals surface area contributed by atoms with Crippen molar-refractivity contribution < 1.29 is 29.2 Å². The Labute approximate surface area is 174 Å². The number of barbiturate groups is 1. The third-order valence-corrected chi connectivity index (χ3v) is 4.34. The van der Waals surface area contributed by atoms with Crippen molar-refractivity contribution in [2.75, 3.05) is 11.5 Å². The van der Waals surface area contributed by atoms with Crippen LogP contribution in [0.25, 0.3) is 6.08 Å². The van der Waals surface area contributed by atoms with Gasteiger partial charge in [-0.25, -0.2) is 9.69 Å². The number of aromatic hydroxyl groups is 1. The number of urea groups is 1. The highest BCUT2D eigenvalue weighted by atomic mass is 35.5. The summed E-state index contributed by atoms with van der Waals surface area (Å²) in [4.78, 5) is 48.5. The molecule has 0 saturated carbocycles. The second kappa shape index (κ2) is 8.21. The van der Waals surface area contributed by atoms with Gasteiger partial charge in [-0.2, -0.15) is 0 Å². The summed E-state index contributed by atoms with van der Waals surface area (Å²) in [6.07, 6.45) is 0.956. The number of phenolic OH excluding ortho intramolecular Hbond substituents is 1. The number of ether oxygens (including phenoxy) is 1. The first-order valence-corrected chi connectivity index (χ1v) is 8.92. The lowest BCUT2D eigenvalue weighted by Gasteiger charge is -2.26. The number of carbonyl (C=O) groups is 3. The van der Waals surface area contributed by atoms with Crippen LogP contribution in [0.15, 0.2) is 42.0 Å². The van der Waals surface area contributed by atoms with Gasteiger partial charge in [-0.3, -0.25) is 25.0 Å². The van der Waals surface area contributed by atoms with Gasteiger partial charge in [0.15, 0.2) is 11.5 Å². The van der Waals surface area contributed by atoms with Crippen LogP contribution in [0.3, 0.4) is 0 Å². The smallest absolute Gasteiger partial charge is 0.335 e. The Hall–Kier alpha value is -3.92. The zero-order valence-electron chi connectivity index (χ0n) is 15.4. The van der Waals surface area contributed by atoms with Crippen LogP contribution in [0.2, 0.25) is 5.02 Å². The Balaban J connectivity index is 2.10. The van der Waals surface area contributed by atoms with Crippen molar-refractivity contribution >= 4 is 46.9 Å². The molecule has 0 unspecified atom stereocenters. The second-order valence-corrected chi connectivity index (χ2v) is 6.44. The summed E-state index contributed by atoms with van der Waals surface area (Å²) >= 11 is 5.82. The fraction of sp³-hybridized carbons (Fsp3) is 0.105. The van der Waals surface area contributed by atoms with Crippen molar-refractivity contribution in [3.8, 4) is 11.5 Å². The van der Waals surface area contributed by atoms with Crippen LogP contribution < -0.4 is 15.0 Å². The van der Waals surface area contributed by atoms with Crippen molar-refractivity contribution in [2.24, 2.45) is 0 Å². The van der Waals surface area contributed by atoms with E-state index in [1.807, 2.05) is 5.32 Å². The van der Waals surface area contributed by atoms with E-state index in [9.17, 15) is 29.6 Å². The minimum absolute atomic E-state index is 0.114. The number of nitrogens with one attached hydrogen (secondary N) is 1. The van der Waals surface area contributed by atoms with Crippen molar-refractivity contribution in [2.45, 2.75) is 6.92 Å². The molecule has 10 nitrogen and oxygen atoms in total. The molecule has 1 aliphatic heterocycles. The van der Waals surface area contributed by atoms with E-state index in [1.54, 1.807) is 6.92 Å². The summed E-state index contributed by atoms with van der Waals surface area (Å²) in [5.41, 5.74) is -0.977. The summed E-state index contributed by atoms with van der Waals surface area (Å²) in [7, 11) is 0. The molecule has 0 aromatic heterocycles. The Bertz CT molecular complexity index is 1100. The Kier molecular flexibility index (Phi) is 5.70. The number of phenols is 1. The zero-order valence-corrected chi connectivity index (χ0v) is 16.2. The lowest BCUT2D eigenvalue weighted by Crippen LogP contribution is -2.54. The van der Waals surface area contributed by atoms with Crippen molar-refractivity contribution in [3.05, 3.63) is 62.7 Å². The molecule has 1 heterocycles. The molecule has 1 saturated heterocycles. The molecule has 30 heavy (non-hydrogen) atoms. The molecular formula is C19H14ClN3O7. The number of hydrogen-bond acceptors (Lipinski definition) is 7. The molecule has 0 spiro atoms. The number of nitro groups is 1. The highest BCUT2D eigenvalue weighted by Crippen LogP contribution is 2.36.